The lowest BCUT2D eigenvalue weighted by Gasteiger charge is -2.18. The van der Waals surface area contributed by atoms with Crippen molar-refractivity contribution >= 4 is 73.2 Å². The molecule has 0 spiro atoms. The number of carbonyl (C=O) groups is 3. The number of Topliss-reactive ketones (excluding diaryl/α,β-unsaturated/α-hetero) is 1. The van der Waals surface area contributed by atoms with Gasteiger partial charge in [-0.05, 0) is 95.3 Å². The van der Waals surface area contributed by atoms with Crippen LogP contribution in [-0.2, 0) is 11.2 Å². The van der Waals surface area contributed by atoms with E-state index in [-0.39, 0.29) is 41.8 Å². The third-order valence-corrected chi connectivity index (χ3v) is 10.2. The number of aromatic amines is 2. The molecule has 3 heterocycles. The Hall–Kier alpha value is -4.88. The summed E-state index contributed by atoms with van der Waals surface area (Å²) in [5.41, 5.74) is 7.41. The van der Waals surface area contributed by atoms with Crippen molar-refractivity contribution in [3.63, 3.8) is 0 Å². The highest BCUT2D eigenvalue weighted by atomic mass is 35.5. The van der Waals surface area contributed by atoms with Crippen LogP contribution in [0.25, 0.3) is 32.6 Å². The van der Waals surface area contributed by atoms with Crippen LogP contribution in [0.3, 0.4) is 0 Å². The van der Waals surface area contributed by atoms with Gasteiger partial charge < -0.3 is 20.2 Å². The predicted octanol–water partition coefficient (Wildman–Crippen LogP) is 9.14. The number of benzene rings is 4. The lowest BCUT2D eigenvalue weighted by molar-refractivity contribution is -0.121. The van der Waals surface area contributed by atoms with Crippen LogP contribution in [0.4, 0.5) is 11.4 Å². The predicted molar refractivity (Wildman–Crippen MR) is 196 cm³/mol. The highest BCUT2D eigenvalue weighted by Crippen LogP contribution is 2.43. The van der Waals surface area contributed by atoms with Gasteiger partial charge in [0.15, 0.2) is 5.78 Å². The first-order chi connectivity index (χ1) is 23.1. The number of alkyl halides is 1. The number of aromatic nitrogens is 2. The molecule has 4 aromatic carbocycles. The minimum atomic E-state index is -0.101. The second kappa shape index (κ2) is 12.6. The molecule has 48 heavy (non-hydrogen) atoms. The van der Waals surface area contributed by atoms with Crippen molar-refractivity contribution in [2.24, 2.45) is 11.8 Å². The summed E-state index contributed by atoms with van der Waals surface area (Å²) in [6.45, 7) is 8.74. The normalized spacial score (nSPS) is 15.0. The third-order valence-electron chi connectivity index (χ3n) is 9.85. The fraction of sp³-hybridized carbons (Fsp3) is 0.275. The number of H-pyrrole nitrogens is 2. The monoisotopic (exact) mass is 658 g/mol. The number of hydrogen-bond donors (Lipinski definition) is 3. The molecule has 0 fully saturated rings. The Morgan fingerprint density at radius 1 is 0.896 bits per heavy atom. The number of hydrogen-bond acceptors (Lipinski definition) is 3. The zero-order chi connectivity index (χ0) is 33.7. The maximum Gasteiger partial charge on any atom is 0.274 e. The molecule has 7 nitrogen and oxygen atoms in total. The number of halogens is 1. The molecule has 3 N–H and O–H groups in total. The van der Waals surface area contributed by atoms with Gasteiger partial charge in [0.2, 0.25) is 5.91 Å². The van der Waals surface area contributed by atoms with Crippen molar-refractivity contribution in [2.45, 2.75) is 46.5 Å². The Balaban J connectivity index is 1.09. The van der Waals surface area contributed by atoms with Gasteiger partial charge in [0.25, 0.3) is 5.91 Å². The van der Waals surface area contributed by atoms with E-state index in [4.69, 9.17) is 11.6 Å². The van der Waals surface area contributed by atoms with Crippen molar-refractivity contribution in [3.8, 4) is 0 Å². The van der Waals surface area contributed by atoms with Crippen LogP contribution in [-0.4, -0.2) is 40.0 Å². The molecule has 0 bridgehead atoms. The van der Waals surface area contributed by atoms with Gasteiger partial charge >= 0.3 is 0 Å². The summed E-state index contributed by atoms with van der Waals surface area (Å²) in [7, 11) is 0. The van der Waals surface area contributed by atoms with Gasteiger partial charge in [-0.15, -0.1) is 11.6 Å². The van der Waals surface area contributed by atoms with Gasteiger partial charge in [-0.3, -0.25) is 14.4 Å². The molecule has 2 amide bonds. The largest absolute Gasteiger partial charge is 0.352 e. The summed E-state index contributed by atoms with van der Waals surface area (Å²) in [4.78, 5) is 48.5. The first-order valence-corrected chi connectivity index (χ1v) is 17.2. The maximum absolute atomic E-state index is 14.0. The molecule has 1 unspecified atom stereocenters. The number of aryl methyl sites for hydroxylation is 1. The maximum atomic E-state index is 14.0. The number of nitrogens with zero attached hydrogens (tertiary/aromatic N) is 1. The standard InChI is InChI=1S/C40H39ClN4O3/c1-5-29(22(2)3)39(47)42-28-11-13-33-26(17-28)18-34(43-33)37(46)16-24-10-12-32-25(15-24)19-35(44-32)40(48)45-21-27(20-41)38-31-9-7-6-8-30(31)23(4)14-36(38)45/h6-15,17-19,22,27,29,43-44H,5,16,20-21H2,1-4H3,(H,42,47)/t27?,29-/m0/s1. The summed E-state index contributed by atoms with van der Waals surface area (Å²) < 4.78 is 0. The van der Waals surface area contributed by atoms with E-state index < -0.39 is 0 Å². The number of fused-ring (bicyclic) bond motifs is 5. The molecular formula is C40H39ClN4O3. The van der Waals surface area contributed by atoms with E-state index in [2.05, 4.69) is 54.3 Å². The SMILES string of the molecule is CC[C@H](C(=O)Nc1ccc2[nH]c(C(=O)Cc3ccc4[nH]c(C(=O)N5CC(CCl)c6c5cc(C)c5ccccc65)cc4c3)cc2c1)C(C)C. The second-order valence-corrected chi connectivity index (χ2v) is 13.7. The molecular weight excluding hydrogens is 620 g/mol. The second-order valence-electron chi connectivity index (χ2n) is 13.4. The quantitative estimate of drug-likeness (QED) is 0.107. The van der Waals surface area contributed by atoms with Gasteiger partial charge in [-0.1, -0.05) is 51.1 Å². The summed E-state index contributed by atoms with van der Waals surface area (Å²) in [6.07, 6.45) is 0.983. The minimum absolute atomic E-state index is 0.0112. The summed E-state index contributed by atoms with van der Waals surface area (Å²) in [5.74, 6) is 0.543. The van der Waals surface area contributed by atoms with Crippen LogP contribution >= 0.6 is 11.6 Å². The zero-order valence-electron chi connectivity index (χ0n) is 27.6. The summed E-state index contributed by atoms with van der Waals surface area (Å²) >= 11 is 6.44. The Kier molecular flexibility index (Phi) is 8.34. The molecule has 0 saturated carbocycles. The smallest absolute Gasteiger partial charge is 0.274 e. The van der Waals surface area contributed by atoms with E-state index in [0.29, 0.717) is 29.5 Å². The van der Waals surface area contributed by atoms with Gasteiger partial charge in [0.05, 0.1) is 5.69 Å². The van der Waals surface area contributed by atoms with E-state index in [1.165, 1.54) is 5.39 Å². The Labute approximate surface area is 284 Å². The molecule has 244 valence electrons. The molecule has 0 saturated heterocycles. The van der Waals surface area contributed by atoms with Crippen LogP contribution in [0.15, 0.2) is 78.9 Å². The van der Waals surface area contributed by atoms with E-state index in [0.717, 1.165) is 56.0 Å². The molecule has 0 radical (unpaired) electrons. The zero-order valence-corrected chi connectivity index (χ0v) is 28.4. The van der Waals surface area contributed by atoms with Crippen LogP contribution < -0.4 is 10.2 Å². The molecule has 7 rings (SSSR count). The number of anilines is 2. The van der Waals surface area contributed by atoms with Crippen molar-refractivity contribution in [1.82, 2.24) is 9.97 Å². The van der Waals surface area contributed by atoms with Gasteiger partial charge in [-0.2, -0.15) is 0 Å². The first kappa shape index (κ1) is 31.7. The number of rotatable bonds is 9. The minimum Gasteiger partial charge on any atom is -0.352 e. The van der Waals surface area contributed by atoms with Gasteiger partial charge in [0.1, 0.15) is 5.69 Å². The fourth-order valence-electron chi connectivity index (χ4n) is 7.33. The van der Waals surface area contributed by atoms with E-state index in [1.54, 1.807) is 0 Å². The van der Waals surface area contributed by atoms with E-state index >= 15 is 0 Å². The molecule has 8 heteroatoms. The molecule has 2 aromatic heterocycles. The average molecular weight is 659 g/mol. The highest BCUT2D eigenvalue weighted by Gasteiger charge is 2.35. The lowest BCUT2D eigenvalue weighted by atomic mass is 9.92. The van der Waals surface area contributed by atoms with Crippen molar-refractivity contribution < 1.29 is 14.4 Å². The summed E-state index contributed by atoms with van der Waals surface area (Å²) in [6, 6.07) is 25.6. The third kappa shape index (κ3) is 5.66. The number of nitrogens with one attached hydrogen (secondary N) is 3. The Morgan fingerprint density at radius 3 is 2.31 bits per heavy atom. The number of ketones is 1. The topological polar surface area (TPSA) is 98.1 Å². The van der Waals surface area contributed by atoms with Gasteiger partial charge in [-0.25, -0.2) is 0 Å². The van der Waals surface area contributed by atoms with Crippen LogP contribution in [0.5, 0.6) is 0 Å². The first-order valence-electron chi connectivity index (χ1n) is 16.6. The number of amides is 2. The van der Waals surface area contributed by atoms with Crippen molar-refractivity contribution in [1.29, 1.82) is 0 Å². The molecule has 6 aromatic rings. The van der Waals surface area contributed by atoms with E-state index in [1.807, 2.05) is 72.5 Å². The molecule has 1 aliphatic rings. The molecule has 1 aliphatic heterocycles. The van der Waals surface area contributed by atoms with Crippen molar-refractivity contribution in [3.05, 3.63) is 107 Å². The Morgan fingerprint density at radius 2 is 1.58 bits per heavy atom. The average Bonchev–Trinajstić information content (AvgIpc) is 3.79. The van der Waals surface area contributed by atoms with Gasteiger partial charge in [0, 0.05) is 63.9 Å². The van der Waals surface area contributed by atoms with Crippen molar-refractivity contribution in [2.75, 3.05) is 22.6 Å². The van der Waals surface area contributed by atoms with Crippen LogP contribution in [0.2, 0.25) is 0 Å². The lowest BCUT2D eigenvalue weighted by Crippen LogP contribution is -2.30. The number of carbonyl (C=O) groups excluding carboxylic acids is 3. The van der Waals surface area contributed by atoms with Crippen LogP contribution in [0, 0.1) is 18.8 Å². The molecule has 0 aliphatic carbocycles. The van der Waals surface area contributed by atoms with E-state index in [9.17, 15) is 14.4 Å². The fourth-order valence-corrected chi connectivity index (χ4v) is 7.58. The van der Waals surface area contributed by atoms with Crippen LogP contribution in [0.1, 0.15) is 70.8 Å². The molecule has 2 atom stereocenters. The highest BCUT2D eigenvalue weighted by molar-refractivity contribution is 6.19. The Bertz CT molecular complexity index is 2230. The summed E-state index contributed by atoms with van der Waals surface area (Å²) in [5, 5.41) is 7.10.